The second kappa shape index (κ2) is 10.3. The highest BCUT2D eigenvalue weighted by Gasteiger charge is 2.33. The van der Waals surface area contributed by atoms with Crippen LogP contribution in [0.2, 0.25) is 0 Å². The molecule has 1 aromatic rings. The molecule has 0 amide bonds. The predicted molar refractivity (Wildman–Crippen MR) is 118 cm³/mol. The molecule has 26 heavy (non-hydrogen) atoms. The number of rotatable bonds is 3. The lowest BCUT2D eigenvalue weighted by molar-refractivity contribution is 0.102. The molecule has 1 atom stereocenters. The van der Waals surface area contributed by atoms with Crippen molar-refractivity contribution in [3.05, 3.63) is 33.4 Å². The van der Waals surface area contributed by atoms with Gasteiger partial charge in [-0.2, -0.15) is 0 Å². The monoisotopic (exact) mass is 400 g/mol. The average molecular weight is 401 g/mol. The first-order valence-corrected chi connectivity index (χ1v) is 10.0. The molecule has 0 unspecified atom stereocenters. The van der Waals surface area contributed by atoms with Crippen LogP contribution in [0.1, 0.15) is 71.5 Å². The van der Waals surface area contributed by atoms with Crippen LogP contribution in [0, 0.1) is 40.5 Å². The zero-order chi connectivity index (χ0) is 17.3. The molecule has 1 N–H and O–H groups in total. The quantitative estimate of drug-likeness (QED) is 0.709. The van der Waals surface area contributed by atoms with Gasteiger partial charge >= 0.3 is 0 Å². The maximum atomic E-state index is 3.54. The van der Waals surface area contributed by atoms with E-state index in [1.807, 2.05) is 0 Å². The molecule has 3 rings (SSSR count). The third-order valence-electron chi connectivity index (χ3n) is 7.00. The maximum absolute atomic E-state index is 3.54. The largest absolute Gasteiger partial charge is 0.314 e. The van der Waals surface area contributed by atoms with Gasteiger partial charge in [-0.25, -0.2) is 0 Å². The molecule has 0 bridgehead atoms. The van der Waals surface area contributed by atoms with Crippen molar-refractivity contribution >= 4 is 24.8 Å². The van der Waals surface area contributed by atoms with Crippen LogP contribution in [0.3, 0.4) is 0 Å². The van der Waals surface area contributed by atoms with Crippen LogP contribution in [0.5, 0.6) is 0 Å². The van der Waals surface area contributed by atoms with Crippen LogP contribution in [-0.2, 0) is 0 Å². The van der Waals surface area contributed by atoms with Gasteiger partial charge in [0.25, 0.3) is 0 Å². The van der Waals surface area contributed by atoms with Crippen molar-refractivity contribution in [2.45, 2.75) is 72.8 Å². The summed E-state index contributed by atoms with van der Waals surface area (Å²) in [5.41, 5.74) is 9.32. The van der Waals surface area contributed by atoms with Gasteiger partial charge in [0, 0.05) is 32.2 Å². The molecule has 2 aliphatic rings. The molecular weight excluding hydrogens is 363 g/mol. The smallest absolute Gasteiger partial charge is 0.0382 e. The molecule has 2 fully saturated rings. The number of hydrogen-bond donors (Lipinski definition) is 1. The van der Waals surface area contributed by atoms with Crippen molar-refractivity contribution in [1.29, 1.82) is 0 Å². The summed E-state index contributed by atoms with van der Waals surface area (Å²) in [6, 6.07) is 0.630. The van der Waals surface area contributed by atoms with Crippen molar-refractivity contribution in [3.63, 3.8) is 0 Å². The Morgan fingerprint density at radius 1 is 0.731 bits per heavy atom. The van der Waals surface area contributed by atoms with Crippen LogP contribution >= 0.6 is 24.8 Å². The van der Waals surface area contributed by atoms with Crippen molar-refractivity contribution < 1.29 is 0 Å². The maximum Gasteiger partial charge on any atom is 0.0382 e. The fourth-order valence-corrected chi connectivity index (χ4v) is 5.10. The zero-order valence-electron chi connectivity index (χ0n) is 17.3. The summed E-state index contributed by atoms with van der Waals surface area (Å²) in [6.07, 6.45) is 7.12. The number of halogens is 2. The van der Waals surface area contributed by atoms with Gasteiger partial charge in [0.1, 0.15) is 0 Å². The molecule has 1 aliphatic carbocycles. The molecule has 0 aromatic heterocycles. The van der Waals surface area contributed by atoms with Crippen molar-refractivity contribution in [3.8, 4) is 0 Å². The molecule has 1 saturated heterocycles. The van der Waals surface area contributed by atoms with Gasteiger partial charge in [-0.15, -0.1) is 24.8 Å². The fraction of sp³-hybridized carbons (Fsp3) is 0.727. The Morgan fingerprint density at radius 2 is 1.19 bits per heavy atom. The Bertz CT molecular complexity index is 541. The van der Waals surface area contributed by atoms with E-state index in [0.29, 0.717) is 6.04 Å². The summed E-state index contributed by atoms with van der Waals surface area (Å²) in [7, 11) is 0. The fourth-order valence-electron chi connectivity index (χ4n) is 5.10. The SMILES string of the molecule is Cc1c(C)c(C)c([C@H](C2CCCCC2)N2CCNCC2)c(C)c1C.Cl.Cl. The lowest BCUT2D eigenvalue weighted by atomic mass is 9.76. The molecule has 0 spiro atoms. The Labute approximate surface area is 173 Å². The second-order valence-electron chi connectivity index (χ2n) is 8.17. The Morgan fingerprint density at radius 3 is 1.69 bits per heavy atom. The van der Waals surface area contributed by atoms with E-state index in [1.54, 1.807) is 16.7 Å². The number of piperazine rings is 1. The van der Waals surface area contributed by atoms with Gasteiger partial charge in [-0.05, 0) is 86.8 Å². The third kappa shape index (κ3) is 4.58. The van der Waals surface area contributed by atoms with Crippen LogP contribution in [0.25, 0.3) is 0 Å². The molecule has 4 heteroatoms. The van der Waals surface area contributed by atoms with Gasteiger partial charge in [0.05, 0.1) is 0 Å². The van der Waals surface area contributed by atoms with Gasteiger partial charge < -0.3 is 5.32 Å². The number of benzene rings is 1. The summed E-state index contributed by atoms with van der Waals surface area (Å²) in [5.74, 6) is 0.843. The average Bonchev–Trinajstić information content (AvgIpc) is 2.63. The Kier molecular flexibility index (Phi) is 9.43. The molecule has 1 heterocycles. The number of nitrogens with one attached hydrogen (secondary N) is 1. The van der Waals surface area contributed by atoms with Gasteiger partial charge in [0.2, 0.25) is 0 Å². The molecule has 1 aliphatic heterocycles. The van der Waals surface area contributed by atoms with Crippen LogP contribution in [0.15, 0.2) is 0 Å². The minimum Gasteiger partial charge on any atom is -0.314 e. The first-order chi connectivity index (χ1) is 11.5. The Hall–Kier alpha value is -0.280. The lowest BCUT2D eigenvalue weighted by Gasteiger charge is -2.43. The van der Waals surface area contributed by atoms with Crippen LogP contribution in [0.4, 0.5) is 0 Å². The highest BCUT2D eigenvalue weighted by molar-refractivity contribution is 5.85. The molecule has 150 valence electrons. The van der Waals surface area contributed by atoms with Gasteiger partial charge in [0.15, 0.2) is 0 Å². The van der Waals surface area contributed by atoms with E-state index < -0.39 is 0 Å². The number of hydrogen-bond acceptors (Lipinski definition) is 2. The third-order valence-corrected chi connectivity index (χ3v) is 7.00. The summed E-state index contributed by atoms with van der Waals surface area (Å²) < 4.78 is 0. The second-order valence-corrected chi connectivity index (χ2v) is 8.17. The zero-order valence-corrected chi connectivity index (χ0v) is 18.9. The number of nitrogens with zero attached hydrogens (tertiary/aromatic N) is 1. The van der Waals surface area contributed by atoms with E-state index in [1.165, 1.54) is 61.9 Å². The molecule has 0 radical (unpaired) electrons. The van der Waals surface area contributed by atoms with E-state index in [0.717, 1.165) is 19.0 Å². The molecule has 1 saturated carbocycles. The van der Waals surface area contributed by atoms with Crippen LogP contribution < -0.4 is 5.32 Å². The standard InChI is InChI=1S/C22H36N2.2ClH/c1-15-16(2)18(4)21(19(5)17(15)3)22(20-9-7-6-8-10-20)24-13-11-23-12-14-24;;/h20,22-23H,6-14H2,1-5H3;2*1H/t22-;;/m0../s1. The van der Waals surface area contributed by atoms with E-state index in [9.17, 15) is 0 Å². The topological polar surface area (TPSA) is 15.3 Å². The highest BCUT2D eigenvalue weighted by atomic mass is 35.5. The highest BCUT2D eigenvalue weighted by Crippen LogP contribution is 2.42. The van der Waals surface area contributed by atoms with E-state index in [2.05, 4.69) is 44.8 Å². The summed E-state index contributed by atoms with van der Waals surface area (Å²) in [6.45, 7) is 16.4. The lowest BCUT2D eigenvalue weighted by Crippen LogP contribution is -2.47. The van der Waals surface area contributed by atoms with Crippen molar-refractivity contribution in [1.82, 2.24) is 10.2 Å². The van der Waals surface area contributed by atoms with Crippen molar-refractivity contribution in [2.24, 2.45) is 5.92 Å². The summed E-state index contributed by atoms with van der Waals surface area (Å²) >= 11 is 0. The van der Waals surface area contributed by atoms with Gasteiger partial charge in [-0.1, -0.05) is 19.3 Å². The van der Waals surface area contributed by atoms with E-state index in [4.69, 9.17) is 0 Å². The minimum atomic E-state index is 0. The van der Waals surface area contributed by atoms with E-state index >= 15 is 0 Å². The first-order valence-electron chi connectivity index (χ1n) is 10.0. The molecule has 1 aromatic carbocycles. The minimum absolute atomic E-state index is 0. The molecule has 2 nitrogen and oxygen atoms in total. The predicted octanol–water partition coefficient (Wildman–Crippen LogP) is 5.60. The first kappa shape index (κ1) is 23.8. The molecular formula is C22H38Cl2N2. The summed E-state index contributed by atoms with van der Waals surface area (Å²) in [5, 5.41) is 3.54. The van der Waals surface area contributed by atoms with Gasteiger partial charge in [-0.3, -0.25) is 4.90 Å². The normalized spacial score (nSPS) is 20.2. The van der Waals surface area contributed by atoms with Crippen LogP contribution in [-0.4, -0.2) is 31.1 Å². The summed E-state index contributed by atoms with van der Waals surface area (Å²) in [4.78, 5) is 2.80. The van der Waals surface area contributed by atoms with E-state index in [-0.39, 0.29) is 24.8 Å². The van der Waals surface area contributed by atoms with Crippen molar-refractivity contribution in [2.75, 3.05) is 26.2 Å². The Balaban J connectivity index is 0.00000169.